The highest BCUT2D eigenvalue weighted by Crippen LogP contribution is 2.34. The molecule has 2 fully saturated rings. The van der Waals surface area contributed by atoms with Crippen LogP contribution in [0.3, 0.4) is 0 Å². The van der Waals surface area contributed by atoms with Crippen LogP contribution in [0.4, 0.5) is 0 Å². The van der Waals surface area contributed by atoms with Gasteiger partial charge in [0.25, 0.3) is 0 Å². The van der Waals surface area contributed by atoms with E-state index in [2.05, 4.69) is 41.4 Å². The number of likely N-dealkylation sites (tertiary alicyclic amines) is 1. The third kappa shape index (κ3) is 3.13. The van der Waals surface area contributed by atoms with E-state index in [9.17, 15) is 4.79 Å². The van der Waals surface area contributed by atoms with Crippen LogP contribution in [0.2, 0.25) is 0 Å². The molecule has 2 aliphatic heterocycles. The summed E-state index contributed by atoms with van der Waals surface area (Å²) in [5.74, 6) is 1.74. The van der Waals surface area contributed by atoms with Gasteiger partial charge in [-0.1, -0.05) is 37.3 Å². The van der Waals surface area contributed by atoms with Crippen LogP contribution in [-0.2, 0) is 11.2 Å². The van der Waals surface area contributed by atoms with E-state index in [1.165, 1.54) is 5.56 Å². The summed E-state index contributed by atoms with van der Waals surface area (Å²) in [6, 6.07) is 10.9. The van der Waals surface area contributed by atoms with Gasteiger partial charge in [-0.3, -0.25) is 4.79 Å². The molecule has 114 valence electrons. The molecule has 0 bridgehead atoms. The number of nitrogens with one attached hydrogen (secondary N) is 1. The number of aryl methyl sites for hydroxylation is 1. The Kier molecular flexibility index (Phi) is 4.59. The van der Waals surface area contributed by atoms with E-state index in [-0.39, 0.29) is 0 Å². The molecule has 1 aromatic rings. The molecule has 1 N–H and O–H groups in total. The Bertz CT molecular complexity index is 473. The van der Waals surface area contributed by atoms with Gasteiger partial charge < -0.3 is 10.2 Å². The maximum atomic E-state index is 12.5. The molecule has 3 atom stereocenters. The Labute approximate surface area is 127 Å². The van der Waals surface area contributed by atoms with Crippen LogP contribution in [-0.4, -0.2) is 36.5 Å². The van der Waals surface area contributed by atoms with Gasteiger partial charge in [-0.2, -0.15) is 0 Å². The number of rotatable bonds is 5. The second kappa shape index (κ2) is 6.61. The Balaban J connectivity index is 1.51. The van der Waals surface area contributed by atoms with Crippen molar-refractivity contribution in [3.63, 3.8) is 0 Å². The van der Waals surface area contributed by atoms with Gasteiger partial charge in [0.15, 0.2) is 0 Å². The first-order valence-corrected chi connectivity index (χ1v) is 8.33. The number of hydrogen-bond acceptors (Lipinski definition) is 2. The van der Waals surface area contributed by atoms with Crippen LogP contribution < -0.4 is 5.32 Å². The van der Waals surface area contributed by atoms with E-state index in [4.69, 9.17) is 0 Å². The summed E-state index contributed by atoms with van der Waals surface area (Å²) in [7, 11) is 0. The second-order valence-electron chi connectivity index (χ2n) is 6.44. The van der Waals surface area contributed by atoms with Crippen LogP contribution in [0.15, 0.2) is 30.3 Å². The smallest absolute Gasteiger partial charge is 0.222 e. The number of amides is 1. The predicted molar refractivity (Wildman–Crippen MR) is 85.0 cm³/mol. The molecular weight excluding hydrogens is 260 g/mol. The average molecular weight is 286 g/mol. The molecule has 1 aromatic carbocycles. The number of benzene rings is 1. The van der Waals surface area contributed by atoms with Crippen LogP contribution in [0.1, 0.15) is 31.7 Å². The zero-order chi connectivity index (χ0) is 14.7. The molecule has 3 rings (SSSR count). The largest absolute Gasteiger partial charge is 0.339 e. The Morgan fingerprint density at radius 3 is 2.86 bits per heavy atom. The molecule has 0 aliphatic carbocycles. The van der Waals surface area contributed by atoms with Crippen molar-refractivity contribution in [2.45, 2.75) is 38.6 Å². The minimum Gasteiger partial charge on any atom is -0.339 e. The van der Waals surface area contributed by atoms with Crippen molar-refractivity contribution in [1.82, 2.24) is 10.2 Å². The van der Waals surface area contributed by atoms with Crippen LogP contribution >= 0.6 is 0 Å². The number of carbonyl (C=O) groups is 1. The lowest BCUT2D eigenvalue weighted by Gasteiger charge is -2.27. The van der Waals surface area contributed by atoms with Gasteiger partial charge in [0, 0.05) is 32.1 Å². The molecule has 0 radical (unpaired) electrons. The van der Waals surface area contributed by atoms with Gasteiger partial charge >= 0.3 is 0 Å². The van der Waals surface area contributed by atoms with Gasteiger partial charge in [0.2, 0.25) is 5.91 Å². The molecule has 2 aliphatic rings. The monoisotopic (exact) mass is 286 g/mol. The van der Waals surface area contributed by atoms with E-state index in [1.54, 1.807) is 0 Å². The third-order valence-electron chi connectivity index (χ3n) is 5.16. The van der Waals surface area contributed by atoms with Crippen molar-refractivity contribution in [2.24, 2.45) is 11.8 Å². The Morgan fingerprint density at radius 2 is 2.10 bits per heavy atom. The minimum absolute atomic E-state index is 0.368. The molecule has 2 heterocycles. The van der Waals surface area contributed by atoms with Crippen molar-refractivity contribution < 1.29 is 4.79 Å². The zero-order valence-electron chi connectivity index (χ0n) is 12.9. The quantitative estimate of drug-likeness (QED) is 0.902. The first kappa shape index (κ1) is 14.6. The van der Waals surface area contributed by atoms with Crippen molar-refractivity contribution in [3.05, 3.63) is 35.9 Å². The zero-order valence-corrected chi connectivity index (χ0v) is 12.9. The lowest BCUT2D eigenvalue weighted by Crippen LogP contribution is -2.39. The molecule has 0 spiro atoms. The number of nitrogens with zero attached hydrogens (tertiary/aromatic N) is 1. The maximum Gasteiger partial charge on any atom is 0.222 e. The van der Waals surface area contributed by atoms with E-state index < -0.39 is 0 Å². The molecule has 3 nitrogen and oxygen atoms in total. The number of carbonyl (C=O) groups excluding carboxylic acids is 1. The van der Waals surface area contributed by atoms with E-state index in [0.717, 1.165) is 38.9 Å². The van der Waals surface area contributed by atoms with Gasteiger partial charge in [-0.05, 0) is 36.7 Å². The number of hydrogen-bond donors (Lipinski definition) is 1. The fourth-order valence-corrected chi connectivity index (χ4v) is 4.06. The Hall–Kier alpha value is -1.35. The van der Waals surface area contributed by atoms with Gasteiger partial charge in [0.05, 0.1) is 0 Å². The molecular formula is C18H26N2O. The van der Waals surface area contributed by atoms with E-state index in [1.807, 2.05) is 6.07 Å². The average Bonchev–Trinajstić information content (AvgIpc) is 3.08. The fourth-order valence-electron chi connectivity index (χ4n) is 4.06. The van der Waals surface area contributed by atoms with Gasteiger partial charge in [-0.15, -0.1) is 0 Å². The van der Waals surface area contributed by atoms with Crippen LogP contribution in [0, 0.1) is 11.8 Å². The predicted octanol–water partition coefficient (Wildman–Crippen LogP) is 2.47. The molecule has 3 heteroatoms. The standard InChI is InChI=1S/C18H26N2O/c1-2-17-16-12-19-11-15(16)13-20(17)18(21)10-6-9-14-7-4-3-5-8-14/h3-5,7-8,15-17,19H,2,6,9-13H2,1H3. The summed E-state index contributed by atoms with van der Waals surface area (Å²) in [4.78, 5) is 14.7. The topological polar surface area (TPSA) is 32.3 Å². The summed E-state index contributed by atoms with van der Waals surface area (Å²) >= 11 is 0. The van der Waals surface area contributed by atoms with Crippen molar-refractivity contribution in [1.29, 1.82) is 0 Å². The Morgan fingerprint density at radius 1 is 1.29 bits per heavy atom. The highest BCUT2D eigenvalue weighted by atomic mass is 16.2. The summed E-state index contributed by atoms with van der Waals surface area (Å²) in [5.41, 5.74) is 1.33. The molecule has 0 aromatic heterocycles. The van der Waals surface area contributed by atoms with Gasteiger partial charge in [-0.25, -0.2) is 0 Å². The highest BCUT2D eigenvalue weighted by Gasteiger charge is 2.44. The summed E-state index contributed by atoms with van der Waals surface area (Å²) in [6.45, 7) is 5.38. The molecule has 1 amide bonds. The lowest BCUT2D eigenvalue weighted by molar-refractivity contribution is -0.132. The van der Waals surface area contributed by atoms with E-state index in [0.29, 0.717) is 30.2 Å². The van der Waals surface area contributed by atoms with Crippen molar-refractivity contribution in [2.75, 3.05) is 19.6 Å². The summed E-state index contributed by atoms with van der Waals surface area (Å²) < 4.78 is 0. The highest BCUT2D eigenvalue weighted by molar-refractivity contribution is 5.77. The molecule has 0 saturated carbocycles. The van der Waals surface area contributed by atoms with Crippen LogP contribution in [0.5, 0.6) is 0 Å². The molecule has 3 unspecified atom stereocenters. The van der Waals surface area contributed by atoms with Crippen molar-refractivity contribution in [3.8, 4) is 0 Å². The summed E-state index contributed by atoms with van der Waals surface area (Å²) in [5, 5.41) is 3.47. The molecule has 21 heavy (non-hydrogen) atoms. The first-order chi connectivity index (χ1) is 10.3. The summed E-state index contributed by atoms with van der Waals surface area (Å²) in [6.07, 6.45) is 3.75. The lowest BCUT2D eigenvalue weighted by atomic mass is 9.93. The van der Waals surface area contributed by atoms with Crippen LogP contribution in [0.25, 0.3) is 0 Å². The van der Waals surface area contributed by atoms with Gasteiger partial charge in [0.1, 0.15) is 0 Å². The fraction of sp³-hybridized carbons (Fsp3) is 0.611. The third-order valence-corrected chi connectivity index (χ3v) is 5.16. The molecule has 2 saturated heterocycles. The number of fused-ring (bicyclic) bond motifs is 1. The maximum absolute atomic E-state index is 12.5. The van der Waals surface area contributed by atoms with E-state index >= 15 is 0 Å². The van der Waals surface area contributed by atoms with Crippen molar-refractivity contribution >= 4 is 5.91 Å². The SMILES string of the molecule is CCC1C2CNCC2CN1C(=O)CCCc1ccccc1. The normalized spacial score (nSPS) is 27.9. The second-order valence-corrected chi connectivity index (χ2v) is 6.44. The first-order valence-electron chi connectivity index (χ1n) is 8.33. The minimum atomic E-state index is 0.368.